The summed E-state index contributed by atoms with van der Waals surface area (Å²) < 4.78 is 6.26. The van der Waals surface area contributed by atoms with E-state index in [2.05, 4.69) is 41.9 Å². The van der Waals surface area contributed by atoms with Crippen molar-refractivity contribution in [3.05, 3.63) is 60.2 Å². The monoisotopic (exact) mass is 287 g/mol. The summed E-state index contributed by atoms with van der Waals surface area (Å²) in [6.45, 7) is 0.932. The van der Waals surface area contributed by atoms with Crippen LogP contribution in [0.3, 0.4) is 0 Å². The van der Waals surface area contributed by atoms with Crippen molar-refractivity contribution in [3.8, 4) is 5.75 Å². The third kappa shape index (κ3) is 4.02. The van der Waals surface area contributed by atoms with Crippen molar-refractivity contribution in [2.45, 2.75) is 17.4 Å². The van der Waals surface area contributed by atoms with Gasteiger partial charge in [0.15, 0.2) is 0 Å². The van der Waals surface area contributed by atoms with Crippen LogP contribution in [-0.2, 0) is 0 Å². The van der Waals surface area contributed by atoms with Crippen molar-refractivity contribution in [3.63, 3.8) is 0 Å². The lowest BCUT2D eigenvalue weighted by Gasteiger charge is -2.21. The predicted molar refractivity (Wildman–Crippen MR) is 86.6 cm³/mol. The summed E-state index contributed by atoms with van der Waals surface area (Å²) in [4.78, 5) is 1.18. The number of hydrogen-bond acceptors (Lipinski definition) is 3. The van der Waals surface area contributed by atoms with Gasteiger partial charge < -0.3 is 10.1 Å². The van der Waals surface area contributed by atoms with Crippen LogP contribution in [0.5, 0.6) is 5.75 Å². The molecule has 0 bridgehead atoms. The van der Waals surface area contributed by atoms with Gasteiger partial charge in [0.2, 0.25) is 0 Å². The first-order valence-corrected chi connectivity index (χ1v) is 8.07. The zero-order valence-electron chi connectivity index (χ0n) is 12.0. The van der Waals surface area contributed by atoms with Gasteiger partial charge in [-0.2, -0.15) is 0 Å². The Hall–Kier alpha value is -1.45. The summed E-state index contributed by atoms with van der Waals surface area (Å²) in [5.41, 5.74) is 1.22. The molecule has 0 heterocycles. The van der Waals surface area contributed by atoms with E-state index in [0.717, 1.165) is 18.7 Å². The molecule has 2 aromatic rings. The Morgan fingerprint density at radius 3 is 2.45 bits per heavy atom. The zero-order chi connectivity index (χ0) is 14.2. The number of rotatable bonds is 7. The van der Waals surface area contributed by atoms with Gasteiger partial charge in [-0.25, -0.2) is 0 Å². The standard InChI is InChI=1S/C17H21NOS/c1-18-13-12-15(14-8-4-3-5-9-14)19-16-10-6-7-11-17(16)20-2/h3-11,15,18H,12-13H2,1-2H3/t15-/m1/s1. The second kappa shape index (κ2) is 7.98. The average molecular weight is 287 g/mol. The van der Waals surface area contributed by atoms with Crippen molar-refractivity contribution in [2.24, 2.45) is 0 Å². The number of thioether (sulfide) groups is 1. The number of nitrogens with one attached hydrogen (secondary N) is 1. The van der Waals surface area contributed by atoms with Gasteiger partial charge in [-0.05, 0) is 37.5 Å². The molecule has 0 aliphatic heterocycles. The molecule has 1 atom stereocenters. The van der Waals surface area contributed by atoms with Crippen molar-refractivity contribution in [2.75, 3.05) is 19.8 Å². The molecule has 0 amide bonds. The normalized spacial score (nSPS) is 12.1. The molecule has 0 unspecified atom stereocenters. The SMILES string of the molecule is CNCC[C@@H](Oc1ccccc1SC)c1ccccc1. The van der Waals surface area contributed by atoms with Crippen molar-refractivity contribution < 1.29 is 4.74 Å². The fourth-order valence-electron chi connectivity index (χ4n) is 2.11. The van der Waals surface area contributed by atoms with Gasteiger partial charge in [0.25, 0.3) is 0 Å². The van der Waals surface area contributed by atoms with Crippen molar-refractivity contribution in [1.82, 2.24) is 5.32 Å². The molecular weight excluding hydrogens is 266 g/mol. The average Bonchev–Trinajstić information content (AvgIpc) is 2.52. The van der Waals surface area contributed by atoms with E-state index in [1.54, 1.807) is 11.8 Å². The molecule has 0 fully saturated rings. The van der Waals surface area contributed by atoms with Crippen LogP contribution in [-0.4, -0.2) is 19.8 Å². The second-order valence-electron chi connectivity index (χ2n) is 4.56. The second-order valence-corrected chi connectivity index (χ2v) is 5.41. The van der Waals surface area contributed by atoms with E-state index in [1.807, 2.05) is 31.3 Å². The molecule has 2 aromatic carbocycles. The topological polar surface area (TPSA) is 21.3 Å². The minimum absolute atomic E-state index is 0.0805. The molecule has 0 saturated heterocycles. The quantitative estimate of drug-likeness (QED) is 0.773. The minimum Gasteiger partial charge on any atom is -0.485 e. The number of para-hydroxylation sites is 1. The predicted octanol–water partition coefficient (Wildman–Crippen LogP) is 4.14. The van der Waals surface area contributed by atoms with E-state index in [-0.39, 0.29) is 6.10 Å². The summed E-state index contributed by atoms with van der Waals surface area (Å²) in [6, 6.07) is 18.6. The van der Waals surface area contributed by atoms with Crippen LogP contribution in [0.25, 0.3) is 0 Å². The Bertz CT molecular complexity index is 515. The Balaban J connectivity index is 2.19. The molecule has 2 rings (SSSR count). The maximum atomic E-state index is 6.26. The lowest BCUT2D eigenvalue weighted by molar-refractivity contribution is 0.190. The lowest BCUT2D eigenvalue weighted by atomic mass is 10.1. The van der Waals surface area contributed by atoms with E-state index in [9.17, 15) is 0 Å². The van der Waals surface area contributed by atoms with Crippen LogP contribution in [0.2, 0.25) is 0 Å². The zero-order valence-corrected chi connectivity index (χ0v) is 12.8. The Labute approximate surface area is 125 Å². The first kappa shape index (κ1) is 14.9. The Morgan fingerprint density at radius 1 is 1.05 bits per heavy atom. The molecular formula is C17H21NOS. The highest BCUT2D eigenvalue weighted by Crippen LogP contribution is 2.32. The van der Waals surface area contributed by atoms with Crippen LogP contribution in [0, 0.1) is 0 Å². The molecule has 3 heteroatoms. The smallest absolute Gasteiger partial charge is 0.133 e. The summed E-state index contributed by atoms with van der Waals surface area (Å²) in [5.74, 6) is 0.963. The largest absolute Gasteiger partial charge is 0.485 e. The summed E-state index contributed by atoms with van der Waals surface area (Å²) >= 11 is 1.72. The summed E-state index contributed by atoms with van der Waals surface area (Å²) in [6.07, 6.45) is 3.10. The third-order valence-electron chi connectivity index (χ3n) is 3.17. The van der Waals surface area contributed by atoms with E-state index in [1.165, 1.54) is 10.5 Å². The molecule has 20 heavy (non-hydrogen) atoms. The van der Waals surface area contributed by atoms with Gasteiger partial charge in [-0.15, -0.1) is 11.8 Å². The lowest BCUT2D eigenvalue weighted by Crippen LogP contribution is -2.16. The number of ether oxygens (including phenoxy) is 1. The molecule has 0 saturated carbocycles. The molecule has 0 aliphatic carbocycles. The van der Waals surface area contributed by atoms with E-state index in [4.69, 9.17) is 4.74 Å². The van der Waals surface area contributed by atoms with E-state index < -0.39 is 0 Å². The van der Waals surface area contributed by atoms with Crippen molar-refractivity contribution >= 4 is 11.8 Å². The third-order valence-corrected chi connectivity index (χ3v) is 3.94. The van der Waals surface area contributed by atoms with Crippen LogP contribution >= 0.6 is 11.8 Å². The van der Waals surface area contributed by atoms with Crippen molar-refractivity contribution in [1.29, 1.82) is 0 Å². The Kier molecular flexibility index (Phi) is 5.96. The van der Waals surface area contributed by atoms with Gasteiger partial charge in [0.05, 0.1) is 0 Å². The van der Waals surface area contributed by atoms with Crippen LogP contribution < -0.4 is 10.1 Å². The molecule has 2 nitrogen and oxygen atoms in total. The van der Waals surface area contributed by atoms with E-state index >= 15 is 0 Å². The van der Waals surface area contributed by atoms with Gasteiger partial charge in [0, 0.05) is 11.3 Å². The first-order chi connectivity index (χ1) is 9.85. The molecule has 106 valence electrons. The molecule has 0 spiro atoms. The maximum Gasteiger partial charge on any atom is 0.133 e. The highest BCUT2D eigenvalue weighted by molar-refractivity contribution is 7.98. The number of hydrogen-bond donors (Lipinski definition) is 1. The van der Waals surface area contributed by atoms with Crippen LogP contribution in [0.1, 0.15) is 18.1 Å². The van der Waals surface area contributed by atoms with Gasteiger partial charge >= 0.3 is 0 Å². The molecule has 0 aromatic heterocycles. The first-order valence-electron chi connectivity index (χ1n) is 6.84. The molecule has 0 aliphatic rings. The van der Waals surface area contributed by atoms with Crippen LogP contribution in [0.15, 0.2) is 59.5 Å². The fraction of sp³-hybridized carbons (Fsp3) is 0.294. The maximum absolute atomic E-state index is 6.26. The Morgan fingerprint density at radius 2 is 1.75 bits per heavy atom. The van der Waals surface area contributed by atoms with Gasteiger partial charge in [-0.1, -0.05) is 42.5 Å². The van der Waals surface area contributed by atoms with Gasteiger partial charge in [-0.3, -0.25) is 0 Å². The van der Waals surface area contributed by atoms with Gasteiger partial charge in [0.1, 0.15) is 11.9 Å². The highest BCUT2D eigenvalue weighted by Gasteiger charge is 2.14. The number of benzene rings is 2. The molecule has 1 N–H and O–H groups in total. The van der Waals surface area contributed by atoms with Crippen LogP contribution in [0.4, 0.5) is 0 Å². The fourth-order valence-corrected chi connectivity index (χ4v) is 2.64. The summed E-state index contributed by atoms with van der Waals surface area (Å²) in [5, 5.41) is 3.20. The molecule has 0 radical (unpaired) electrons. The van der Waals surface area contributed by atoms with E-state index in [0.29, 0.717) is 0 Å². The highest BCUT2D eigenvalue weighted by atomic mass is 32.2. The minimum atomic E-state index is 0.0805. The summed E-state index contributed by atoms with van der Waals surface area (Å²) in [7, 11) is 1.97.